The van der Waals surface area contributed by atoms with Crippen molar-refractivity contribution < 1.29 is 14.4 Å². The van der Waals surface area contributed by atoms with Crippen molar-refractivity contribution in [2.75, 3.05) is 13.7 Å². The summed E-state index contributed by atoms with van der Waals surface area (Å²) < 4.78 is 5.26. The second-order valence-electron chi connectivity index (χ2n) is 3.74. The lowest BCUT2D eigenvalue weighted by Crippen LogP contribution is -2.27. The molecular weight excluding hydrogens is 206 g/mol. The van der Waals surface area contributed by atoms with E-state index in [0.29, 0.717) is 11.7 Å². The topological polar surface area (TPSA) is 47.6 Å². The molecule has 0 unspecified atom stereocenters. The van der Waals surface area contributed by atoms with Crippen molar-refractivity contribution in [2.24, 2.45) is 0 Å². The average Bonchev–Trinajstić information content (AvgIpc) is 2.27. The normalized spacial score (nSPS) is 10.2. The molecule has 16 heavy (non-hydrogen) atoms. The first-order valence-corrected chi connectivity index (χ1v) is 5.18. The molecule has 0 fully saturated rings. The predicted molar refractivity (Wildman–Crippen MR) is 61.2 cm³/mol. The molecule has 0 bridgehead atoms. The Morgan fingerprint density at radius 2 is 1.94 bits per heavy atom. The van der Waals surface area contributed by atoms with Crippen LogP contribution in [-0.4, -0.2) is 19.6 Å². The maximum absolute atomic E-state index is 11.0. The number of carbonyl (C=O) groups is 1. The fourth-order valence-corrected chi connectivity index (χ4v) is 1.24. The molecule has 4 heteroatoms. The minimum Gasteiger partial charge on any atom is -0.484 e. The van der Waals surface area contributed by atoms with Crippen molar-refractivity contribution in [1.29, 1.82) is 0 Å². The Balaban J connectivity index is 2.46. The van der Waals surface area contributed by atoms with Crippen LogP contribution in [0.15, 0.2) is 24.3 Å². The molecule has 0 heterocycles. The number of amides is 1. The molecule has 0 aliphatic carbocycles. The molecule has 0 saturated carbocycles. The molecule has 1 aromatic rings. The van der Waals surface area contributed by atoms with Gasteiger partial charge in [-0.2, -0.15) is 0 Å². The number of ether oxygens (including phenoxy) is 1. The van der Waals surface area contributed by atoms with Crippen LogP contribution in [0.5, 0.6) is 5.75 Å². The molecule has 0 saturated heterocycles. The van der Waals surface area contributed by atoms with Gasteiger partial charge < -0.3 is 4.74 Å². The van der Waals surface area contributed by atoms with Crippen LogP contribution in [0.4, 0.5) is 0 Å². The van der Waals surface area contributed by atoms with Gasteiger partial charge >= 0.3 is 0 Å². The van der Waals surface area contributed by atoms with Crippen LogP contribution < -0.4 is 10.2 Å². The Kier molecular flexibility index (Phi) is 4.79. The first-order chi connectivity index (χ1) is 7.63. The van der Waals surface area contributed by atoms with Gasteiger partial charge in [0.25, 0.3) is 5.91 Å². The maximum Gasteiger partial charge on any atom is 0.281 e. The summed E-state index contributed by atoms with van der Waals surface area (Å²) in [5.74, 6) is 0.858. The summed E-state index contributed by atoms with van der Waals surface area (Å²) >= 11 is 0. The van der Waals surface area contributed by atoms with Crippen LogP contribution in [0.1, 0.15) is 25.3 Å². The smallest absolute Gasteiger partial charge is 0.281 e. The van der Waals surface area contributed by atoms with Gasteiger partial charge in [-0.3, -0.25) is 9.63 Å². The van der Waals surface area contributed by atoms with Gasteiger partial charge in [-0.15, -0.1) is 0 Å². The molecule has 1 rings (SSSR count). The molecule has 4 nitrogen and oxygen atoms in total. The molecule has 0 spiro atoms. The fourth-order valence-electron chi connectivity index (χ4n) is 1.24. The molecule has 0 aromatic heterocycles. The van der Waals surface area contributed by atoms with Crippen LogP contribution in [0, 0.1) is 0 Å². The van der Waals surface area contributed by atoms with Crippen LogP contribution in [0.25, 0.3) is 0 Å². The number of rotatable bonds is 5. The van der Waals surface area contributed by atoms with Gasteiger partial charge in [0.15, 0.2) is 6.61 Å². The molecule has 0 radical (unpaired) electrons. The summed E-state index contributed by atoms with van der Waals surface area (Å²) in [5, 5.41) is 0. The third-order valence-electron chi connectivity index (χ3n) is 2.13. The molecule has 1 aromatic carbocycles. The van der Waals surface area contributed by atoms with Crippen molar-refractivity contribution >= 4 is 5.91 Å². The standard InChI is InChI=1S/C12H17NO3/c1-9(2)10-4-6-11(7-5-10)16-8-12(14)13-15-3/h4-7,9H,8H2,1-3H3,(H,13,14). The minimum atomic E-state index is -0.310. The van der Waals surface area contributed by atoms with E-state index in [1.807, 2.05) is 24.3 Å². The third-order valence-corrected chi connectivity index (χ3v) is 2.13. The highest BCUT2D eigenvalue weighted by molar-refractivity contribution is 5.76. The Morgan fingerprint density at radius 1 is 1.31 bits per heavy atom. The van der Waals surface area contributed by atoms with Crippen molar-refractivity contribution in [3.63, 3.8) is 0 Å². The van der Waals surface area contributed by atoms with Crippen LogP contribution >= 0.6 is 0 Å². The lowest BCUT2D eigenvalue weighted by atomic mass is 10.0. The van der Waals surface area contributed by atoms with Gasteiger partial charge in [0.05, 0.1) is 7.11 Å². The average molecular weight is 223 g/mol. The lowest BCUT2D eigenvalue weighted by Gasteiger charge is -2.08. The zero-order valence-corrected chi connectivity index (χ0v) is 9.82. The summed E-state index contributed by atoms with van der Waals surface area (Å²) in [6, 6.07) is 7.70. The van der Waals surface area contributed by atoms with E-state index in [2.05, 4.69) is 24.2 Å². The van der Waals surface area contributed by atoms with E-state index in [4.69, 9.17) is 4.74 Å². The second kappa shape index (κ2) is 6.12. The van der Waals surface area contributed by atoms with E-state index in [0.717, 1.165) is 0 Å². The van der Waals surface area contributed by atoms with E-state index in [-0.39, 0.29) is 12.5 Å². The van der Waals surface area contributed by atoms with Crippen LogP contribution in [0.2, 0.25) is 0 Å². The van der Waals surface area contributed by atoms with Crippen LogP contribution in [-0.2, 0) is 9.63 Å². The van der Waals surface area contributed by atoms with Crippen LogP contribution in [0.3, 0.4) is 0 Å². The van der Waals surface area contributed by atoms with Gasteiger partial charge in [0.2, 0.25) is 0 Å². The number of benzene rings is 1. The molecule has 88 valence electrons. The largest absolute Gasteiger partial charge is 0.484 e. The molecule has 0 atom stereocenters. The van der Waals surface area contributed by atoms with Gasteiger partial charge in [-0.25, -0.2) is 5.48 Å². The highest BCUT2D eigenvalue weighted by Crippen LogP contribution is 2.18. The Hall–Kier alpha value is -1.55. The van der Waals surface area contributed by atoms with Crippen molar-refractivity contribution in [1.82, 2.24) is 5.48 Å². The summed E-state index contributed by atoms with van der Waals surface area (Å²) in [7, 11) is 1.38. The number of hydrogen-bond donors (Lipinski definition) is 1. The molecule has 1 N–H and O–H groups in total. The van der Waals surface area contributed by atoms with Gasteiger partial charge in [0.1, 0.15) is 5.75 Å². The van der Waals surface area contributed by atoms with E-state index in [9.17, 15) is 4.79 Å². The highest BCUT2D eigenvalue weighted by Gasteiger charge is 2.02. The minimum absolute atomic E-state index is 0.0468. The third kappa shape index (κ3) is 3.90. The Labute approximate surface area is 95.5 Å². The molecule has 0 aliphatic heterocycles. The van der Waals surface area contributed by atoms with E-state index in [1.165, 1.54) is 12.7 Å². The number of nitrogens with one attached hydrogen (secondary N) is 1. The van der Waals surface area contributed by atoms with Crippen molar-refractivity contribution in [2.45, 2.75) is 19.8 Å². The fraction of sp³-hybridized carbons (Fsp3) is 0.417. The number of carbonyl (C=O) groups excluding carboxylic acids is 1. The van der Waals surface area contributed by atoms with E-state index >= 15 is 0 Å². The summed E-state index contributed by atoms with van der Waals surface area (Å²) in [6.07, 6.45) is 0. The first kappa shape index (κ1) is 12.5. The number of hydrogen-bond acceptors (Lipinski definition) is 3. The molecule has 0 aliphatic rings. The van der Waals surface area contributed by atoms with Crippen molar-refractivity contribution in [3.8, 4) is 5.75 Å². The Bertz CT molecular complexity index is 333. The monoisotopic (exact) mass is 223 g/mol. The molecular formula is C12H17NO3. The first-order valence-electron chi connectivity index (χ1n) is 5.18. The zero-order valence-electron chi connectivity index (χ0n) is 9.82. The molecule has 1 amide bonds. The van der Waals surface area contributed by atoms with Gasteiger partial charge in [-0.1, -0.05) is 26.0 Å². The summed E-state index contributed by atoms with van der Waals surface area (Å²) in [5.41, 5.74) is 3.43. The SMILES string of the molecule is CONC(=O)COc1ccc(C(C)C)cc1. The second-order valence-corrected chi connectivity index (χ2v) is 3.74. The lowest BCUT2D eigenvalue weighted by molar-refractivity contribution is -0.133. The van der Waals surface area contributed by atoms with Gasteiger partial charge in [-0.05, 0) is 23.6 Å². The maximum atomic E-state index is 11.0. The van der Waals surface area contributed by atoms with Gasteiger partial charge in [0, 0.05) is 0 Å². The van der Waals surface area contributed by atoms with Crippen molar-refractivity contribution in [3.05, 3.63) is 29.8 Å². The quantitative estimate of drug-likeness (QED) is 0.775. The predicted octanol–water partition coefficient (Wildman–Crippen LogP) is 1.87. The number of hydroxylamine groups is 1. The summed E-state index contributed by atoms with van der Waals surface area (Å²) in [4.78, 5) is 15.5. The van der Waals surface area contributed by atoms with E-state index < -0.39 is 0 Å². The van der Waals surface area contributed by atoms with E-state index in [1.54, 1.807) is 0 Å². The zero-order chi connectivity index (χ0) is 12.0. The highest BCUT2D eigenvalue weighted by atomic mass is 16.6. The summed E-state index contributed by atoms with van der Waals surface area (Å²) in [6.45, 7) is 4.21. The Morgan fingerprint density at radius 3 is 2.44 bits per heavy atom.